The molecule has 1 aromatic heterocycles. The molecule has 2 amide bonds. The van der Waals surface area contributed by atoms with Crippen LogP contribution in [-0.4, -0.2) is 23.1 Å². The minimum Gasteiger partial charge on any atom is -0.480 e. The van der Waals surface area contributed by atoms with Gasteiger partial charge in [-0.05, 0) is 23.3 Å². The van der Waals surface area contributed by atoms with Gasteiger partial charge in [-0.15, -0.1) is 11.3 Å². The van der Waals surface area contributed by atoms with Crippen LogP contribution in [0.25, 0.3) is 0 Å². The van der Waals surface area contributed by atoms with Crippen molar-refractivity contribution >= 4 is 23.3 Å². The molecule has 118 valence electrons. The van der Waals surface area contributed by atoms with E-state index in [2.05, 4.69) is 10.6 Å². The number of aliphatic carboxylic acids is 1. The number of hydrogen-bond acceptors (Lipinski definition) is 3. The average Bonchev–Trinajstić information content (AvgIpc) is 2.94. The zero-order valence-corrected chi connectivity index (χ0v) is 13.7. The highest BCUT2D eigenvalue weighted by atomic mass is 32.1. The normalized spacial score (nSPS) is 15.3. The highest BCUT2D eigenvalue weighted by Crippen LogP contribution is 2.25. The second-order valence-corrected chi connectivity index (χ2v) is 6.54. The maximum absolute atomic E-state index is 12.1. The smallest absolute Gasteiger partial charge is 0.326 e. The maximum atomic E-state index is 12.1. The highest BCUT2D eigenvalue weighted by molar-refractivity contribution is 7.10. The molecule has 1 aromatic rings. The quantitative estimate of drug-likeness (QED) is 0.723. The van der Waals surface area contributed by atoms with Crippen LogP contribution in [0.5, 0.6) is 0 Å². The molecule has 0 bridgehead atoms. The molecule has 0 radical (unpaired) electrons. The molecule has 0 fully saturated rings. The molecule has 0 aromatic carbocycles. The zero-order valence-electron chi connectivity index (χ0n) is 12.9. The Morgan fingerprint density at radius 3 is 2.38 bits per heavy atom. The lowest BCUT2D eigenvalue weighted by molar-refractivity contribution is -0.140. The molecule has 5 nitrogen and oxygen atoms in total. The lowest BCUT2D eigenvalue weighted by Gasteiger charge is -2.25. The van der Waals surface area contributed by atoms with Crippen LogP contribution >= 0.6 is 11.3 Å². The van der Waals surface area contributed by atoms with Gasteiger partial charge in [-0.2, -0.15) is 0 Å². The SMILES string of the molecule is CCC(C)C(NC(=O)NC(c1cccs1)C(C)C)C(=O)O. The predicted molar refractivity (Wildman–Crippen MR) is 84.4 cm³/mol. The van der Waals surface area contributed by atoms with Crippen molar-refractivity contribution in [2.24, 2.45) is 11.8 Å². The van der Waals surface area contributed by atoms with Crippen LogP contribution in [0.1, 0.15) is 45.0 Å². The number of amides is 2. The van der Waals surface area contributed by atoms with Crippen LogP contribution in [-0.2, 0) is 4.79 Å². The Hall–Kier alpha value is -1.56. The van der Waals surface area contributed by atoms with Crippen LogP contribution in [0, 0.1) is 11.8 Å². The Labute approximate surface area is 129 Å². The third kappa shape index (κ3) is 5.04. The minimum absolute atomic E-state index is 0.114. The summed E-state index contributed by atoms with van der Waals surface area (Å²) in [6.45, 7) is 7.77. The number of carboxylic acids is 1. The van der Waals surface area contributed by atoms with Gasteiger partial charge < -0.3 is 15.7 Å². The van der Waals surface area contributed by atoms with Gasteiger partial charge >= 0.3 is 12.0 Å². The molecular weight excluding hydrogens is 288 g/mol. The molecule has 3 atom stereocenters. The summed E-state index contributed by atoms with van der Waals surface area (Å²) < 4.78 is 0. The van der Waals surface area contributed by atoms with E-state index in [0.29, 0.717) is 6.42 Å². The first-order valence-electron chi connectivity index (χ1n) is 7.20. The van der Waals surface area contributed by atoms with E-state index in [4.69, 9.17) is 0 Å². The lowest BCUT2D eigenvalue weighted by atomic mass is 9.99. The van der Waals surface area contributed by atoms with Gasteiger partial charge in [-0.1, -0.05) is 40.2 Å². The number of urea groups is 1. The predicted octanol–water partition coefficient (Wildman–Crippen LogP) is 3.24. The summed E-state index contributed by atoms with van der Waals surface area (Å²) in [5.74, 6) is -0.898. The van der Waals surface area contributed by atoms with Crippen molar-refractivity contribution in [1.82, 2.24) is 10.6 Å². The van der Waals surface area contributed by atoms with Crippen molar-refractivity contribution in [1.29, 1.82) is 0 Å². The van der Waals surface area contributed by atoms with Gasteiger partial charge in [0.25, 0.3) is 0 Å². The average molecular weight is 312 g/mol. The van der Waals surface area contributed by atoms with Gasteiger partial charge in [0.1, 0.15) is 6.04 Å². The van der Waals surface area contributed by atoms with Crippen molar-refractivity contribution in [2.45, 2.75) is 46.2 Å². The molecule has 3 N–H and O–H groups in total. The van der Waals surface area contributed by atoms with Gasteiger partial charge in [0.2, 0.25) is 0 Å². The Bertz CT molecular complexity index is 459. The van der Waals surface area contributed by atoms with Gasteiger partial charge in [0.15, 0.2) is 0 Å². The highest BCUT2D eigenvalue weighted by Gasteiger charge is 2.27. The molecular formula is C15H24N2O3S. The second kappa shape index (κ2) is 8.02. The number of thiophene rings is 1. The van der Waals surface area contributed by atoms with Crippen molar-refractivity contribution in [2.75, 3.05) is 0 Å². The van der Waals surface area contributed by atoms with Crippen LogP contribution in [0.2, 0.25) is 0 Å². The first-order valence-corrected chi connectivity index (χ1v) is 8.08. The topological polar surface area (TPSA) is 78.4 Å². The van der Waals surface area contributed by atoms with Crippen LogP contribution in [0.15, 0.2) is 17.5 Å². The van der Waals surface area contributed by atoms with E-state index in [0.717, 1.165) is 4.88 Å². The molecule has 0 aliphatic rings. The first kappa shape index (κ1) is 17.5. The standard InChI is InChI=1S/C15H24N2O3S/c1-5-10(4)13(14(18)19)17-15(20)16-12(9(2)3)11-7-6-8-21-11/h6-10,12-13H,5H2,1-4H3,(H,18,19)(H2,16,17,20). The monoisotopic (exact) mass is 312 g/mol. The van der Waals surface area contributed by atoms with Gasteiger partial charge in [0, 0.05) is 4.88 Å². The third-order valence-corrected chi connectivity index (χ3v) is 4.52. The number of carboxylic acid groups (broad SMARTS) is 1. The number of rotatable bonds is 7. The van der Waals surface area contributed by atoms with Crippen molar-refractivity contribution in [3.8, 4) is 0 Å². The van der Waals surface area contributed by atoms with Crippen molar-refractivity contribution < 1.29 is 14.7 Å². The molecule has 6 heteroatoms. The summed E-state index contributed by atoms with van der Waals surface area (Å²) in [7, 11) is 0. The van der Waals surface area contributed by atoms with Gasteiger partial charge in [0.05, 0.1) is 6.04 Å². The van der Waals surface area contributed by atoms with E-state index in [1.165, 1.54) is 0 Å². The summed E-state index contributed by atoms with van der Waals surface area (Å²) in [6, 6.07) is 2.49. The van der Waals surface area contributed by atoms with Gasteiger partial charge in [-0.25, -0.2) is 9.59 Å². The molecule has 0 saturated heterocycles. The molecule has 21 heavy (non-hydrogen) atoms. The van der Waals surface area contributed by atoms with Crippen molar-refractivity contribution in [3.63, 3.8) is 0 Å². The Morgan fingerprint density at radius 2 is 1.95 bits per heavy atom. The molecule has 3 unspecified atom stereocenters. The Balaban J connectivity index is 2.72. The summed E-state index contributed by atoms with van der Waals surface area (Å²) in [4.78, 5) is 24.4. The summed E-state index contributed by atoms with van der Waals surface area (Å²) in [6.07, 6.45) is 0.690. The molecule has 0 spiro atoms. The largest absolute Gasteiger partial charge is 0.480 e. The summed E-state index contributed by atoms with van der Waals surface area (Å²) in [5.41, 5.74) is 0. The van der Waals surface area contributed by atoms with E-state index < -0.39 is 18.0 Å². The molecule has 0 saturated carbocycles. The van der Waals surface area contributed by atoms with E-state index in [1.54, 1.807) is 11.3 Å². The van der Waals surface area contributed by atoms with Crippen molar-refractivity contribution in [3.05, 3.63) is 22.4 Å². The van der Waals surface area contributed by atoms with E-state index in [1.807, 2.05) is 45.2 Å². The molecule has 1 rings (SSSR count). The second-order valence-electron chi connectivity index (χ2n) is 5.56. The number of nitrogens with one attached hydrogen (secondary N) is 2. The van der Waals surface area contributed by atoms with Crippen LogP contribution in [0.4, 0.5) is 4.79 Å². The summed E-state index contributed by atoms with van der Waals surface area (Å²) >= 11 is 1.58. The van der Waals surface area contributed by atoms with Gasteiger partial charge in [-0.3, -0.25) is 0 Å². The van der Waals surface area contributed by atoms with E-state index in [-0.39, 0.29) is 17.9 Å². The first-order chi connectivity index (χ1) is 9.86. The Morgan fingerprint density at radius 1 is 1.29 bits per heavy atom. The van der Waals surface area contributed by atoms with E-state index >= 15 is 0 Å². The number of carbonyl (C=O) groups is 2. The minimum atomic E-state index is -1.00. The fourth-order valence-electron chi connectivity index (χ4n) is 2.04. The lowest BCUT2D eigenvalue weighted by Crippen LogP contribution is -2.50. The van der Waals surface area contributed by atoms with Crippen LogP contribution in [0.3, 0.4) is 0 Å². The fourth-order valence-corrected chi connectivity index (χ4v) is 2.99. The fraction of sp³-hybridized carbons (Fsp3) is 0.600. The third-order valence-electron chi connectivity index (χ3n) is 3.57. The number of hydrogen-bond donors (Lipinski definition) is 3. The van der Waals surface area contributed by atoms with E-state index in [9.17, 15) is 14.7 Å². The summed E-state index contributed by atoms with van der Waals surface area (Å²) in [5, 5.41) is 16.6. The molecule has 1 heterocycles. The molecule has 0 aliphatic carbocycles. The maximum Gasteiger partial charge on any atom is 0.326 e. The number of carbonyl (C=O) groups excluding carboxylic acids is 1. The zero-order chi connectivity index (χ0) is 16.0. The van der Waals surface area contributed by atoms with Crippen LogP contribution < -0.4 is 10.6 Å². The molecule has 0 aliphatic heterocycles. The Kier molecular flexibility index (Phi) is 6.68.